The van der Waals surface area contributed by atoms with E-state index >= 15 is 0 Å². The molecule has 1 N–H and O–H groups in total. The van der Waals surface area contributed by atoms with Gasteiger partial charge in [-0.3, -0.25) is 14.4 Å². The van der Waals surface area contributed by atoms with E-state index in [1.165, 1.54) is 22.6 Å². The minimum Gasteiger partial charge on any atom is -0.368 e. The molecular formula is C29H33N5O3S. The lowest BCUT2D eigenvalue weighted by Crippen LogP contribution is -2.49. The lowest BCUT2D eigenvalue weighted by atomic mass is 10.1. The van der Waals surface area contributed by atoms with Gasteiger partial charge in [0.2, 0.25) is 11.8 Å². The van der Waals surface area contributed by atoms with E-state index in [9.17, 15) is 14.4 Å². The summed E-state index contributed by atoms with van der Waals surface area (Å²) in [6, 6.07) is 15.9. The van der Waals surface area contributed by atoms with E-state index in [2.05, 4.69) is 34.3 Å². The first-order valence-corrected chi connectivity index (χ1v) is 14.0. The smallest absolute Gasteiger partial charge is 0.254 e. The van der Waals surface area contributed by atoms with E-state index < -0.39 is 0 Å². The third-order valence-corrected chi connectivity index (χ3v) is 7.96. The van der Waals surface area contributed by atoms with Crippen LogP contribution in [0.3, 0.4) is 0 Å². The number of amides is 3. The average molecular weight is 532 g/mol. The summed E-state index contributed by atoms with van der Waals surface area (Å²) in [5.74, 6) is -0.353. The van der Waals surface area contributed by atoms with E-state index in [4.69, 9.17) is 0 Å². The van der Waals surface area contributed by atoms with Crippen LogP contribution >= 0.6 is 11.3 Å². The normalized spacial score (nSPS) is 15.3. The number of nitrogens with zero attached hydrogens (tertiary/aromatic N) is 4. The summed E-state index contributed by atoms with van der Waals surface area (Å²) in [6.45, 7) is 6.94. The minimum atomic E-state index is -0.279. The maximum atomic E-state index is 13.1. The van der Waals surface area contributed by atoms with Gasteiger partial charge in [0.05, 0.1) is 12.1 Å². The number of nitrogens with one attached hydrogen (secondary N) is 1. The van der Waals surface area contributed by atoms with Crippen LogP contribution in [0, 0.1) is 13.8 Å². The van der Waals surface area contributed by atoms with Gasteiger partial charge < -0.3 is 20.0 Å². The molecule has 5 rings (SSSR count). The Kier molecular flexibility index (Phi) is 7.74. The van der Waals surface area contributed by atoms with Crippen molar-refractivity contribution in [3.05, 3.63) is 76.3 Å². The number of rotatable bonds is 8. The SMILES string of the molecule is Cc1ccccc1C(=O)N(CC(=O)Nc1nc(CC(=O)N2CCN(c3ccccc3C)CC2)cs1)C1CC1. The Morgan fingerprint density at radius 3 is 2.34 bits per heavy atom. The fraction of sp³-hybridized carbons (Fsp3) is 0.379. The molecule has 0 spiro atoms. The molecule has 3 amide bonds. The number of para-hydroxylation sites is 1. The van der Waals surface area contributed by atoms with Crippen molar-refractivity contribution in [2.24, 2.45) is 0 Å². The van der Waals surface area contributed by atoms with Crippen molar-refractivity contribution in [3.8, 4) is 0 Å². The number of aromatic nitrogens is 1. The predicted molar refractivity (Wildman–Crippen MR) is 150 cm³/mol. The van der Waals surface area contributed by atoms with Crippen LogP contribution < -0.4 is 10.2 Å². The number of carbonyl (C=O) groups is 3. The zero-order chi connectivity index (χ0) is 26.6. The van der Waals surface area contributed by atoms with Crippen molar-refractivity contribution < 1.29 is 14.4 Å². The lowest BCUT2D eigenvalue weighted by molar-refractivity contribution is -0.130. The van der Waals surface area contributed by atoms with Gasteiger partial charge in [0, 0.05) is 48.9 Å². The first-order chi connectivity index (χ1) is 18.4. The third-order valence-electron chi connectivity index (χ3n) is 7.16. The Bertz CT molecular complexity index is 1330. The number of anilines is 2. The molecule has 3 aromatic rings. The van der Waals surface area contributed by atoms with E-state index in [-0.39, 0.29) is 36.7 Å². The quantitative estimate of drug-likeness (QED) is 0.477. The second-order valence-corrected chi connectivity index (χ2v) is 10.9. The van der Waals surface area contributed by atoms with Crippen molar-refractivity contribution in [1.29, 1.82) is 0 Å². The van der Waals surface area contributed by atoms with E-state index in [1.54, 1.807) is 11.0 Å². The fourth-order valence-corrected chi connectivity index (χ4v) is 5.59. The molecule has 1 aromatic heterocycles. The largest absolute Gasteiger partial charge is 0.368 e. The molecule has 0 radical (unpaired) electrons. The van der Waals surface area contributed by atoms with Gasteiger partial charge in [0.1, 0.15) is 6.54 Å². The van der Waals surface area contributed by atoms with Crippen LogP contribution in [0.4, 0.5) is 10.8 Å². The summed E-state index contributed by atoms with van der Waals surface area (Å²) in [6.07, 6.45) is 2.03. The molecule has 1 saturated carbocycles. The average Bonchev–Trinajstić information content (AvgIpc) is 3.67. The first kappa shape index (κ1) is 25.9. The van der Waals surface area contributed by atoms with Crippen LogP contribution in [-0.4, -0.2) is 71.3 Å². The van der Waals surface area contributed by atoms with Crippen molar-refractivity contribution in [2.45, 2.75) is 39.2 Å². The van der Waals surface area contributed by atoms with Gasteiger partial charge in [-0.25, -0.2) is 4.98 Å². The maximum absolute atomic E-state index is 13.1. The highest BCUT2D eigenvalue weighted by atomic mass is 32.1. The van der Waals surface area contributed by atoms with Gasteiger partial charge in [-0.05, 0) is 49.9 Å². The summed E-state index contributed by atoms with van der Waals surface area (Å²) in [7, 11) is 0. The first-order valence-electron chi connectivity index (χ1n) is 13.1. The predicted octanol–water partition coefficient (Wildman–Crippen LogP) is 3.89. The molecule has 8 nitrogen and oxygen atoms in total. The molecule has 9 heteroatoms. The number of hydrogen-bond donors (Lipinski definition) is 1. The van der Waals surface area contributed by atoms with Gasteiger partial charge in [0.15, 0.2) is 5.13 Å². The topological polar surface area (TPSA) is 85.8 Å². The molecule has 0 bridgehead atoms. The molecule has 198 valence electrons. The number of thiazole rings is 1. The molecule has 0 atom stereocenters. The maximum Gasteiger partial charge on any atom is 0.254 e. The Hall–Kier alpha value is -3.72. The van der Waals surface area contributed by atoms with E-state index in [0.29, 0.717) is 29.5 Å². The number of hydrogen-bond acceptors (Lipinski definition) is 6. The van der Waals surface area contributed by atoms with Crippen LogP contribution in [0.15, 0.2) is 53.9 Å². The second-order valence-electron chi connectivity index (χ2n) is 10.0. The highest BCUT2D eigenvalue weighted by Gasteiger charge is 2.35. The summed E-state index contributed by atoms with van der Waals surface area (Å²) < 4.78 is 0. The van der Waals surface area contributed by atoms with Gasteiger partial charge >= 0.3 is 0 Å². The third kappa shape index (κ3) is 6.05. The Labute approximate surface area is 227 Å². The van der Waals surface area contributed by atoms with Crippen LogP contribution in [0.1, 0.15) is 40.0 Å². The molecule has 1 saturated heterocycles. The standard InChI is InChI=1S/C29H33N5O3S/c1-20-7-3-5-9-24(20)28(37)34(23-11-12-23)18-26(35)31-29-30-22(19-38-29)17-27(36)33-15-13-32(14-16-33)25-10-6-4-8-21(25)2/h3-10,19,23H,11-18H2,1-2H3,(H,30,31,35). The second kappa shape index (κ2) is 11.3. The van der Waals surface area contributed by atoms with Gasteiger partial charge in [0.25, 0.3) is 5.91 Å². The lowest BCUT2D eigenvalue weighted by Gasteiger charge is -2.36. The number of aryl methyl sites for hydroxylation is 2. The summed E-state index contributed by atoms with van der Waals surface area (Å²) >= 11 is 1.30. The Morgan fingerprint density at radius 2 is 1.66 bits per heavy atom. The molecule has 1 aliphatic carbocycles. The molecule has 0 unspecified atom stereocenters. The fourth-order valence-electron chi connectivity index (χ4n) is 4.86. The van der Waals surface area contributed by atoms with Crippen LogP contribution in [0.5, 0.6) is 0 Å². The molecule has 2 aromatic carbocycles. The monoisotopic (exact) mass is 531 g/mol. The van der Waals surface area contributed by atoms with E-state index in [1.807, 2.05) is 47.5 Å². The number of benzene rings is 2. The zero-order valence-electron chi connectivity index (χ0n) is 21.9. The summed E-state index contributed by atoms with van der Waals surface area (Å²) in [5, 5.41) is 5.08. The Balaban J connectivity index is 1.12. The molecule has 2 heterocycles. The molecule has 38 heavy (non-hydrogen) atoms. The molecular weight excluding hydrogens is 498 g/mol. The summed E-state index contributed by atoms with van der Waals surface area (Å²) in [4.78, 5) is 49.2. The zero-order valence-corrected chi connectivity index (χ0v) is 22.7. The molecule has 2 aliphatic rings. The van der Waals surface area contributed by atoms with Crippen LogP contribution in [0.2, 0.25) is 0 Å². The van der Waals surface area contributed by atoms with Crippen molar-refractivity contribution in [3.63, 3.8) is 0 Å². The van der Waals surface area contributed by atoms with Gasteiger partial charge in [-0.1, -0.05) is 36.4 Å². The molecule has 2 fully saturated rings. The van der Waals surface area contributed by atoms with Crippen LogP contribution in [0.25, 0.3) is 0 Å². The number of carbonyl (C=O) groups excluding carboxylic acids is 3. The van der Waals surface area contributed by atoms with Crippen molar-refractivity contribution in [1.82, 2.24) is 14.8 Å². The van der Waals surface area contributed by atoms with Crippen molar-refractivity contribution in [2.75, 3.05) is 42.9 Å². The Morgan fingerprint density at radius 1 is 0.974 bits per heavy atom. The number of piperazine rings is 1. The van der Waals surface area contributed by atoms with Gasteiger partial charge in [-0.15, -0.1) is 11.3 Å². The molecule has 1 aliphatic heterocycles. The summed E-state index contributed by atoms with van der Waals surface area (Å²) in [5.41, 5.74) is 4.63. The van der Waals surface area contributed by atoms with E-state index in [0.717, 1.165) is 31.5 Å². The highest BCUT2D eigenvalue weighted by molar-refractivity contribution is 7.13. The van der Waals surface area contributed by atoms with Crippen LogP contribution in [-0.2, 0) is 16.0 Å². The highest BCUT2D eigenvalue weighted by Crippen LogP contribution is 2.29. The van der Waals surface area contributed by atoms with Gasteiger partial charge in [-0.2, -0.15) is 0 Å². The minimum absolute atomic E-state index is 0.0170. The van der Waals surface area contributed by atoms with Crippen molar-refractivity contribution >= 4 is 39.9 Å².